The first kappa shape index (κ1) is 19.0. The number of nitrogens with zero attached hydrogens (tertiary/aromatic N) is 3. The first-order valence-electron chi connectivity index (χ1n) is 10.3. The van der Waals surface area contributed by atoms with Crippen molar-refractivity contribution < 1.29 is 0 Å². The molecule has 0 aliphatic rings. The van der Waals surface area contributed by atoms with E-state index < -0.39 is 5.41 Å². The Bertz CT molecular complexity index is 1470. The Morgan fingerprint density at radius 1 is 0.903 bits per heavy atom. The van der Waals surface area contributed by atoms with Gasteiger partial charge in [-0.2, -0.15) is 10.4 Å². The topological polar surface area (TPSA) is 65.4 Å². The standard InChI is InChI=1S/C27H22N4/c1-17-5-4-6-19(13-17)20-9-12-23-22(14-20)25-24(15-29-23)30-31-26(25)18-7-10-21(11-8-18)27(2,3)16-28/h4-15H,1-3H3,(H,30,31). The Labute approximate surface area is 181 Å². The van der Waals surface area contributed by atoms with E-state index in [9.17, 15) is 5.26 Å². The molecule has 4 nitrogen and oxygen atoms in total. The minimum Gasteiger partial charge on any atom is -0.276 e. The van der Waals surface area contributed by atoms with Crippen molar-refractivity contribution in [1.29, 1.82) is 5.26 Å². The summed E-state index contributed by atoms with van der Waals surface area (Å²) in [5.74, 6) is 0. The van der Waals surface area contributed by atoms with E-state index in [-0.39, 0.29) is 0 Å². The van der Waals surface area contributed by atoms with E-state index in [0.717, 1.165) is 44.2 Å². The highest BCUT2D eigenvalue weighted by Crippen LogP contribution is 2.35. The average Bonchev–Trinajstić information content (AvgIpc) is 3.23. The molecule has 0 aliphatic carbocycles. The van der Waals surface area contributed by atoms with Crippen LogP contribution in [-0.4, -0.2) is 15.2 Å². The molecule has 0 fully saturated rings. The monoisotopic (exact) mass is 402 g/mol. The molecule has 0 bridgehead atoms. The summed E-state index contributed by atoms with van der Waals surface area (Å²) in [5, 5.41) is 19.3. The second-order valence-corrected chi connectivity index (χ2v) is 8.53. The third kappa shape index (κ3) is 3.25. The number of benzene rings is 3. The molecular formula is C27H22N4. The lowest BCUT2D eigenvalue weighted by Crippen LogP contribution is -2.13. The molecule has 0 atom stereocenters. The number of pyridine rings is 1. The van der Waals surface area contributed by atoms with Crippen molar-refractivity contribution in [3.8, 4) is 28.5 Å². The van der Waals surface area contributed by atoms with Gasteiger partial charge < -0.3 is 0 Å². The number of rotatable bonds is 3. The molecule has 3 aromatic carbocycles. The van der Waals surface area contributed by atoms with Crippen LogP contribution in [-0.2, 0) is 5.41 Å². The van der Waals surface area contributed by atoms with E-state index in [2.05, 4.69) is 70.6 Å². The molecular weight excluding hydrogens is 380 g/mol. The Balaban J connectivity index is 1.70. The van der Waals surface area contributed by atoms with Crippen LogP contribution in [0.2, 0.25) is 0 Å². The molecule has 0 spiro atoms. The van der Waals surface area contributed by atoms with Crippen molar-refractivity contribution in [1.82, 2.24) is 15.2 Å². The van der Waals surface area contributed by atoms with Crippen LogP contribution in [0.25, 0.3) is 44.2 Å². The number of nitrogens with one attached hydrogen (secondary N) is 1. The third-order valence-electron chi connectivity index (χ3n) is 5.90. The summed E-state index contributed by atoms with van der Waals surface area (Å²) >= 11 is 0. The summed E-state index contributed by atoms with van der Waals surface area (Å²) in [6, 6.07) is 25.4. The lowest BCUT2D eigenvalue weighted by atomic mass is 9.86. The highest BCUT2D eigenvalue weighted by Gasteiger charge is 2.20. The van der Waals surface area contributed by atoms with E-state index in [1.54, 1.807) is 0 Å². The summed E-state index contributed by atoms with van der Waals surface area (Å²) in [4.78, 5) is 4.62. The lowest BCUT2D eigenvalue weighted by molar-refractivity contribution is 0.687. The lowest BCUT2D eigenvalue weighted by Gasteiger charge is -2.15. The van der Waals surface area contributed by atoms with Crippen molar-refractivity contribution in [2.45, 2.75) is 26.2 Å². The van der Waals surface area contributed by atoms with Gasteiger partial charge in [-0.05, 0) is 49.6 Å². The van der Waals surface area contributed by atoms with Crippen molar-refractivity contribution in [3.05, 3.63) is 84.1 Å². The second kappa shape index (κ2) is 7.07. The van der Waals surface area contributed by atoms with Gasteiger partial charge >= 0.3 is 0 Å². The molecule has 0 unspecified atom stereocenters. The van der Waals surface area contributed by atoms with Gasteiger partial charge in [0.2, 0.25) is 0 Å². The fraction of sp³-hybridized carbons (Fsp3) is 0.148. The first-order chi connectivity index (χ1) is 15.0. The molecule has 0 amide bonds. The Morgan fingerprint density at radius 2 is 1.65 bits per heavy atom. The second-order valence-electron chi connectivity index (χ2n) is 8.53. The zero-order valence-corrected chi connectivity index (χ0v) is 17.8. The number of aromatic amines is 1. The maximum absolute atomic E-state index is 9.42. The molecule has 4 heteroatoms. The molecule has 31 heavy (non-hydrogen) atoms. The number of aryl methyl sites for hydroxylation is 1. The van der Waals surface area contributed by atoms with Gasteiger partial charge in [0.1, 0.15) is 5.69 Å². The fourth-order valence-electron chi connectivity index (χ4n) is 4.03. The smallest absolute Gasteiger partial charge is 0.101 e. The van der Waals surface area contributed by atoms with Gasteiger partial charge in [-0.3, -0.25) is 10.1 Å². The zero-order chi connectivity index (χ0) is 21.6. The predicted octanol–water partition coefficient (Wildman–Crippen LogP) is 6.55. The molecule has 2 aromatic heterocycles. The predicted molar refractivity (Wildman–Crippen MR) is 126 cm³/mol. The minimum absolute atomic E-state index is 0.522. The van der Waals surface area contributed by atoms with Crippen molar-refractivity contribution in [2.75, 3.05) is 0 Å². The van der Waals surface area contributed by atoms with Gasteiger partial charge in [-0.15, -0.1) is 0 Å². The van der Waals surface area contributed by atoms with E-state index in [1.165, 1.54) is 11.1 Å². The number of H-pyrrole nitrogens is 1. The van der Waals surface area contributed by atoms with Gasteiger partial charge in [0, 0.05) is 16.3 Å². The first-order valence-corrected chi connectivity index (χ1v) is 10.3. The summed E-state index contributed by atoms with van der Waals surface area (Å²) in [6.45, 7) is 5.96. The number of hydrogen-bond acceptors (Lipinski definition) is 3. The van der Waals surface area contributed by atoms with E-state index >= 15 is 0 Å². The van der Waals surface area contributed by atoms with Crippen molar-refractivity contribution in [3.63, 3.8) is 0 Å². The SMILES string of the molecule is Cc1cccc(-c2ccc3ncc4[nH]nc(-c5ccc(C(C)(C)C#N)cc5)c4c3c2)c1. The third-order valence-corrected chi connectivity index (χ3v) is 5.90. The van der Waals surface area contributed by atoms with Crippen LogP contribution in [0.5, 0.6) is 0 Å². The summed E-state index contributed by atoms with van der Waals surface area (Å²) in [5.41, 5.74) is 7.80. The van der Waals surface area contributed by atoms with Gasteiger partial charge in [0.05, 0.1) is 28.7 Å². The normalized spacial score (nSPS) is 11.7. The van der Waals surface area contributed by atoms with Crippen LogP contribution in [0, 0.1) is 18.3 Å². The summed E-state index contributed by atoms with van der Waals surface area (Å²) < 4.78 is 0. The van der Waals surface area contributed by atoms with Crippen LogP contribution in [0.3, 0.4) is 0 Å². The Hall–Kier alpha value is -3.97. The highest BCUT2D eigenvalue weighted by atomic mass is 15.1. The fourth-order valence-corrected chi connectivity index (χ4v) is 4.03. The molecule has 5 rings (SSSR count). The summed E-state index contributed by atoms with van der Waals surface area (Å²) in [6.07, 6.45) is 1.84. The molecule has 0 radical (unpaired) electrons. The number of fused-ring (bicyclic) bond motifs is 3. The highest BCUT2D eigenvalue weighted by molar-refractivity contribution is 6.11. The maximum atomic E-state index is 9.42. The largest absolute Gasteiger partial charge is 0.276 e. The average molecular weight is 403 g/mol. The van der Waals surface area contributed by atoms with Crippen LogP contribution in [0.1, 0.15) is 25.0 Å². The Kier molecular flexibility index (Phi) is 4.34. The maximum Gasteiger partial charge on any atom is 0.101 e. The minimum atomic E-state index is -0.522. The van der Waals surface area contributed by atoms with E-state index in [4.69, 9.17) is 0 Å². The quantitative estimate of drug-likeness (QED) is 0.372. The molecule has 5 aromatic rings. The van der Waals surface area contributed by atoms with Gasteiger partial charge in [-0.1, -0.05) is 60.2 Å². The molecule has 2 heterocycles. The van der Waals surface area contributed by atoms with Crippen LogP contribution < -0.4 is 0 Å². The van der Waals surface area contributed by atoms with E-state index in [1.807, 2.05) is 44.3 Å². The van der Waals surface area contributed by atoms with Gasteiger partial charge in [-0.25, -0.2) is 0 Å². The number of aromatic nitrogens is 3. The van der Waals surface area contributed by atoms with E-state index in [0.29, 0.717) is 0 Å². The number of nitriles is 1. The van der Waals surface area contributed by atoms with Crippen LogP contribution in [0.15, 0.2) is 72.9 Å². The molecule has 150 valence electrons. The molecule has 1 N–H and O–H groups in total. The van der Waals surface area contributed by atoms with Gasteiger partial charge in [0.15, 0.2) is 0 Å². The number of hydrogen-bond donors (Lipinski definition) is 1. The Morgan fingerprint density at radius 3 is 2.39 bits per heavy atom. The van der Waals surface area contributed by atoms with Crippen molar-refractivity contribution in [2.24, 2.45) is 0 Å². The zero-order valence-electron chi connectivity index (χ0n) is 17.8. The van der Waals surface area contributed by atoms with Gasteiger partial charge in [0.25, 0.3) is 0 Å². The van der Waals surface area contributed by atoms with Crippen LogP contribution >= 0.6 is 0 Å². The molecule has 0 saturated carbocycles. The molecule has 0 aliphatic heterocycles. The summed E-state index contributed by atoms with van der Waals surface area (Å²) in [7, 11) is 0. The molecule has 0 saturated heterocycles. The van der Waals surface area contributed by atoms with Crippen LogP contribution in [0.4, 0.5) is 0 Å². The van der Waals surface area contributed by atoms with Crippen molar-refractivity contribution >= 4 is 21.8 Å².